The molecule has 0 fully saturated rings. The van der Waals surface area contributed by atoms with Crippen LogP contribution in [-0.4, -0.2) is 0 Å². The zero-order chi connectivity index (χ0) is 34.2. The summed E-state index contributed by atoms with van der Waals surface area (Å²) >= 11 is 0. The monoisotopic (exact) mass is 662 g/mol. The molecular formula is C50H30O2. The first-order chi connectivity index (χ1) is 25.8. The molecule has 0 amide bonds. The summed E-state index contributed by atoms with van der Waals surface area (Å²) in [6.45, 7) is 0. The molecule has 11 aromatic rings. The summed E-state index contributed by atoms with van der Waals surface area (Å²) in [6.07, 6.45) is 0. The second kappa shape index (κ2) is 11.3. The molecule has 11 rings (SSSR count). The van der Waals surface area contributed by atoms with Crippen molar-refractivity contribution in [1.29, 1.82) is 0 Å². The van der Waals surface area contributed by atoms with E-state index in [1.807, 2.05) is 18.2 Å². The summed E-state index contributed by atoms with van der Waals surface area (Å²) in [6, 6.07) is 65.1. The lowest BCUT2D eigenvalue weighted by Crippen LogP contribution is -1.93. The highest BCUT2D eigenvalue weighted by Gasteiger charge is 2.21. The third-order valence-corrected chi connectivity index (χ3v) is 10.7. The van der Waals surface area contributed by atoms with Crippen LogP contribution in [0.4, 0.5) is 0 Å². The van der Waals surface area contributed by atoms with Gasteiger partial charge >= 0.3 is 0 Å². The summed E-state index contributed by atoms with van der Waals surface area (Å²) in [4.78, 5) is 0. The predicted octanol–water partition coefficient (Wildman–Crippen LogP) is 14.5. The number of rotatable bonds is 4. The predicted molar refractivity (Wildman–Crippen MR) is 218 cm³/mol. The van der Waals surface area contributed by atoms with Crippen LogP contribution in [0.25, 0.3) is 110 Å². The average Bonchev–Trinajstić information content (AvgIpc) is 3.78. The van der Waals surface area contributed by atoms with Crippen molar-refractivity contribution in [2.45, 2.75) is 0 Å². The zero-order valence-corrected chi connectivity index (χ0v) is 28.1. The zero-order valence-electron chi connectivity index (χ0n) is 28.1. The van der Waals surface area contributed by atoms with Gasteiger partial charge in [0.25, 0.3) is 0 Å². The van der Waals surface area contributed by atoms with Crippen LogP contribution < -0.4 is 0 Å². The van der Waals surface area contributed by atoms with Crippen LogP contribution in [0.2, 0.25) is 0 Å². The van der Waals surface area contributed by atoms with Gasteiger partial charge < -0.3 is 8.83 Å². The molecule has 0 spiro atoms. The Hall–Kier alpha value is -6.90. The maximum absolute atomic E-state index is 6.55. The lowest BCUT2D eigenvalue weighted by molar-refractivity contribution is 0.669. The van der Waals surface area contributed by atoms with Crippen LogP contribution in [0.1, 0.15) is 0 Å². The molecule has 2 aromatic heterocycles. The Kier molecular flexibility index (Phi) is 6.28. The molecule has 2 heteroatoms. The number of fused-ring (bicyclic) bond motifs is 8. The Balaban J connectivity index is 1.10. The van der Waals surface area contributed by atoms with Gasteiger partial charge in [-0.25, -0.2) is 0 Å². The van der Waals surface area contributed by atoms with E-state index >= 15 is 0 Å². The van der Waals surface area contributed by atoms with E-state index in [1.54, 1.807) is 0 Å². The van der Waals surface area contributed by atoms with Gasteiger partial charge in [0.1, 0.15) is 22.3 Å². The van der Waals surface area contributed by atoms with Crippen molar-refractivity contribution in [3.05, 3.63) is 182 Å². The maximum atomic E-state index is 6.55. The van der Waals surface area contributed by atoms with E-state index < -0.39 is 0 Å². The van der Waals surface area contributed by atoms with Gasteiger partial charge in [-0.15, -0.1) is 0 Å². The van der Waals surface area contributed by atoms with E-state index in [1.165, 1.54) is 54.9 Å². The van der Waals surface area contributed by atoms with Crippen LogP contribution in [0, 0.1) is 0 Å². The van der Waals surface area contributed by atoms with Gasteiger partial charge in [0, 0.05) is 27.1 Å². The van der Waals surface area contributed by atoms with Crippen molar-refractivity contribution in [3.8, 4) is 44.5 Å². The standard InChI is InChI=1S/C50H30O2/c1-2-15-37(34(12-1)42-20-11-21-43-35-13-7-10-23-46(35)52-50(42)43)49-40-18-5-3-16-38(40)48(39-17-4-6-19-41(39)49)32-26-24-31(25-27-32)33-28-29-47-44(30-33)36-14-8-9-22-45(36)51-47/h1-30H. The average molecular weight is 663 g/mol. The van der Waals surface area contributed by atoms with E-state index in [0.717, 1.165) is 55.0 Å². The number of hydrogen-bond donors (Lipinski definition) is 0. The van der Waals surface area contributed by atoms with Gasteiger partial charge in [0.2, 0.25) is 0 Å². The fraction of sp³-hybridized carbons (Fsp3) is 0. The van der Waals surface area contributed by atoms with Gasteiger partial charge in [0.05, 0.1) is 0 Å². The van der Waals surface area contributed by atoms with E-state index in [-0.39, 0.29) is 0 Å². The molecule has 0 saturated carbocycles. The Morgan fingerprint density at radius 1 is 0.250 bits per heavy atom. The van der Waals surface area contributed by atoms with Crippen molar-refractivity contribution < 1.29 is 8.83 Å². The molecule has 2 nitrogen and oxygen atoms in total. The van der Waals surface area contributed by atoms with Crippen LogP contribution in [0.15, 0.2) is 191 Å². The number of benzene rings is 9. The first-order valence-corrected chi connectivity index (χ1v) is 17.8. The molecule has 0 aliphatic rings. The Bertz CT molecular complexity index is 3120. The van der Waals surface area contributed by atoms with Crippen molar-refractivity contribution >= 4 is 65.4 Å². The molecule has 52 heavy (non-hydrogen) atoms. The molecule has 0 aliphatic carbocycles. The number of hydrogen-bond acceptors (Lipinski definition) is 2. The Morgan fingerprint density at radius 2 is 0.712 bits per heavy atom. The second-order valence-electron chi connectivity index (χ2n) is 13.6. The van der Waals surface area contributed by atoms with Crippen molar-refractivity contribution in [3.63, 3.8) is 0 Å². The van der Waals surface area contributed by atoms with Gasteiger partial charge in [0.15, 0.2) is 0 Å². The highest BCUT2D eigenvalue weighted by molar-refractivity contribution is 6.23. The molecular weight excluding hydrogens is 633 g/mol. The molecule has 0 aliphatic heterocycles. The first kappa shape index (κ1) is 28.9. The van der Waals surface area contributed by atoms with Crippen LogP contribution in [0.3, 0.4) is 0 Å². The SMILES string of the molecule is c1ccc(-c2cccc3c2oc2ccccc23)c(-c2c3ccccc3c(-c3ccc(-c4ccc5oc6ccccc6c5c4)cc3)c3ccccc23)c1. The molecule has 0 atom stereocenters. The Labute approximate surface area is 299 Å². The van der Waals surface area contributed by atoms with E-state index in [0.29, 0.717) is 0 Å². The molecule has 242 valence electrons. The topological polar surface area (TPSA) is 26.3 Å². The smallest absolute Gasteiger partial charge is 0.143 e. The van der Waals surface area contributed by atoms with Gasteiger partial charge in [-0.2, -0.15) is 0 Å². The third-order valence-electron chi connectivity index (χ3n) is 10.7. The van der Waals surface area contributed by atoms with E-state index in [4.69, 9.17) is 8.83 Å². The summed E-state index contributed by atoms with van der Waals surface area (Å²) < 4.78 is 12.7. The summed E-state index contributed by atoms with van der Waals surface area (Å²) in [5, 5.41) is 9.46. The lowest BCUT2D eigenvalue weighted by Gasteiger charge is -2.20. The minimum atomic E-state index is 0.907. The van der Waals surface area contributed by atoms with Crippen molar-refractivity contribution in [1.82, 2.24) is 0 Å². The van der Waals surface area contributed by atoms with Gasteiger partial charge in [-0.3, -0.25) is 0 Å². The molecule has 2 heterocycles. The van der Waals surface area contributed by atoms with E-state index in [9.17, 15) is 0 Å². The van der Waals surface area contributed by atoms with Gasteiger partial charge in [-0.05, 0) is 84.8 Å². The fourth-order valence-corrected chi connectivity index (χ4v) is 8.36. The fourth-order valence-electron chi connectivity index (χ4n) is 8.36. The molecule has 0 radical (unpaired) electrons. The first-order valence-electron chi connectivity index (χ1n) is 17.8. The van der Waals surface area contributed by atoms with Crippen molar-refractivity contribution in [2.75, 3.05) is 0 Å². The largest absolute Gasteiger partial charge is 0.456 e. The van der Waals surface area contributed by atoms with Gasteiger partial charge in [-0.1, -0.05) is 158 Å². The molecule has 9 aromatic carbocycles. The van der Waals surface area contributed by atoms with Crippen molar-refractivity contribution in [2.24, 2.45) is 0 Å². The van der Waals surface area contributed by atoms with Crippen LogP contribution in [-0.2, 0) is 0 Å². The quantitative estimate of drug-likeness (QED) is 0.175. The molecule has 0 bridgehead atoms. The lowest BCUT2D eigenvalue weighted by atomic mass is 9.83. The molecule has 0 unspecified atom stereocenters. The highest BCUT2D eigenvalue weighted by atomic mass is 16.3. The van der Waals surface area contributed by atoms with Crippen LogP contribution in [0.5, 0.6) is 0 Å². The summed E-state index contributed by atoms with van der Waals surface area (Å²) in [7, 11) is 0. The van der Waals surface area contributed by atoms with Crippen LogP contribution >= 0.6 is 0 Å². The maximum Gasteiger partial charge on any atom is 0.143 e. The molecule has 0 saturated heterocycles. The number of para-hydroxylation sites is 3. The Morgan fingerprint density at radius 3 is 1.40 bits per heavy atom. The summed E-state index contributed by atoms with van der Waals surface area (Å²) in [5.74, 6) is 0. The summed E-state index contributed by atoms with van der Waals surface area (Å²) in [5.41, 5.74) is 13.1. The highest BCUT2D eigenvalue weighted by Crippen LogP contribution is 2.47. The van der Waals surface area contributed by atoms with E-state index in [2.05, 4.69) is 164 Å². The minimum Gasteiger partial charge on any atom is -0.456 e. The second-order valence-corrected chi connectivity index (χ2v) is 13.6. The normalized spacial score (nSPS) is 11.8. The molecule has 0 N–H and O–H groups in total. The minimum absolute atomic E-state index is 0.907. The third kappa shape index (κ3) is 4.31. The number of furan rings is 2.